The van der Waals surface area contributed by atoms with Gasteiger partial charge in [-0.3, -0.25) is 9.69 Å². The maximum atomic E-state index is 12.9. The smallest absolute Gasteiger partial charge is 0.257 e. The Bertz CT molecular complexity index is 1120. The largest absolute Gasteiger partial charge is 0.496 e. The van der Waals surface area contributed by atoms with Gasteiger partial charge in [0.1, 0.15) is 11.5 Å². The Balaban J connectivity index is 1.40. The molecule has 0 atom stereocenters. The lowest BCUT2D eigenvalue weighted by Crippen LogP contribution is -2.48. The van der Waals surface area contributed by atoms with Crippen LogP contribution >= 0.6 is 0 Å². The van der Waals surface area contributed by atoms with Gasteiger partial charge in [0.2, 0.25) is 5.89 Å². The van der Waals surface area contributed by atoms with Crippen LogP contribution in [0.25, 0.3) is 11.5 Å². The molecule has 3 aromatic rings. The number of carbonyl (C=O) groups is 1. The molecule has 8 nitrogen and oxygen atoms in total. The molecule has 4 rings (SSSR count). The van der Waals surface area contributed by atoms with Gasteiger partial charge >= 0.3 is 0 Å². The summed E-state index contributed by atoms with van der Waals surface area (Å²) in [5.41, 5.74) is 2.32. The van der Waals surface area contributed by atoms with E-state index < -0.39 is 0 Å². The standard InChI is InChI=1S/C25H29N3O5/c1-17-20(26-24(33-17)18-9-10-22(31-3)23(15-18)32-4)16-27-11-13-28(14-12-27)25(29)19-7-5-6-8-21(19)30-2/h5-10,15H,11-14,16H2,1-4H3. The number of aromatic nitrogens is 1. The molecule has 8 heteroatoms. The zero-order valence-corrected chi connectivity index (χ0v) is 19.5. The van der Waals surface area contributed by atoms with Crippen molar-refractivity contribution in [1.29, 1.82) is 0 Å². The molecule has 1 aliphatic rings. The summed E-state index contributed by atoms with van der Waals surface area (Å²) in [6.45, 7) is 5.41. The topological polar surface area (TPSA) is 77.3 Å². The van der Waals surface area contributed by atoms with Crippen LogP contribution in [-0.4, -0.2) is 68.2 Å². The number of amides is 1. The van der Waals surface area contributed by atoms with Crippen LogP contribution < -0.4 is 14.2 Å². The second kappa shape index (κ2) is 9.95. The number of benzene rings is 2. The van der Waals surface area contributed by atoms with Gasteiger partial charge in [-0.2, -0.15) is 0 Å². The van der Waals surface area contributed by atoms with Crippen molar-refractivity contribution in [2.45, 2.75) is 13.5 Å². The molecule has 2 aromatic carbocycles. The summed E-state index contributed by atoms with van der Waals surface area (Å²) in [5.74, 6) is 3.22. The van der Waals surface area contributed by atoms with Crippen LogP contribution in [0.5, 0.6) is 17.2 Å². The van der Waals surface area contributed by atoms with Crippen LogP contribution in [0.4, 0.5) is 0 Å². The van der Waals surface area contributed by atoms with Crippen molar-refractivity contribution in [3.63, 3.8) is 0 Å². The van der Waals surface area contributed by atoms with E-state index in [1.54, 1.807) is 21.3 Å². The molecule has 1 fully saturated rings. The lowest BCUT2D eigenvalue weighted by molar-refractivity contribution is 0.0623. The van der Waals surface area contributed by atoms with Gasteiger partial charge in [-0.15, -0.1) is 0 Å². The van der Waals surface area contributed by atoms with Gasteiger partial charge in [0.05, 0.1) is 32.6 Å². The number of hydrogen-bond donors (Lipinski definition) is 0. The first-order valence-corrected chi connectivity index (χ1v) is 10.9. The molecule has 1 saturated heterocycles. The quantitative estimate of drug-likeness (QED) is 0.543. The van der Waals surface area contributed by atoms with E-state index in [1.807, 2.05) is 54.3 Å². The summed E-state index contributed by atoms with van der Waals surface area (Å²) in [4.78, 5) is 21.8. The number of para-hydroxylation sites is 1. The van der Waals surface area contributed by atoms with Gasteiger partial charge in [0.15, 0.2) is 11.5 Å². The molecule has 0 bridgehead atoms. The van der Waals surface area contributed by atoms with Crippen molar-refractivity contribution in [2.24, 2.45) is 0 Å². The fourth-order valence-corrected chi connectivity index (χ4v) is 3.98. The van der Waals surface area contributed by atoms with Gasteiger partial charge < -0.3 is 23.5 Å². The highest BCUT2D eigenvalue weighted by Gasteiger charge is 2.25. The van der Waals surface area contributed by atoms with Crippen LogP contribution in [-0.2, 0) is 6.54 Å². The van der Waals surface area contributed by atoms with Crippen LogP contribution in [0.15, 0.2) is 46.9 Å². The highest BCUT2D eigenvalue weighted by Crippen LogP contribution is 2.33. The van der Waals surface area contributed by atoms with Gasteiger partial charge in [-0.25, -0.2) is 4.98 Å². The van der Waals surface area contributed by atoms with Crippen LogP contribution in [0.3, 0.4) is 0 Å². The number of aryl methyl sites for hydroxylation is 1. The first-order chi connectivity index (χ1) is 16.0. The summed E-state index contributed by atoms with van der Waals surface area (Å²) >= 11 is 0. The van der Waals surface area contributed by atoms with Gasteiger partial charge in [-0.1, -0.05) is 12.1 Å². The maximum absolute atomic E-state index is 12.9. The van der Waals surface area contributed by atoms with E-state index in [-0.39, 0.29) is 5.91 Å². The average molecular weight is 452 g/mol. The molecule has 1 amide bonds. The van der Waals surface area contributed by atoms with Crippen LogP contribution in [0, 0.1) is 6.92 Å². The van der Waals surface area contributed by atoms with E-state index in [1.165, 1.54) is 0 Å². The second-order valence-corrected chi connectivity index (χ2v) is 7.86. The summed E-state index contributed by atoms with van der Waals surface area (Å²) in [6, 6.07) is 12.9. The average Bonchev–Trinajstić information content (AvgIpc) is 3.23. The molecule has 2 heterocycles. The number of piperazine rings is 1. The fourth-order valence-electron chi connectivity index (χ4n) is 3.98. The minimum absolute atomic E-state index is 0.000422. The molecule has 0 saturated carbocycles. The van der Waals surface area contributed by atoms with Crippen molar-refractivity contribution in [2.75, 3.05) is 47.5 Å². The van der Waals surface area contributed by atoms with Crippen molar-refractivity contribution in [1.82, 2.24) is 14.8 Å². The highest BCUT2D eigenvalue weighted by atomic mass is 16.5. The van der Waals surface area contributed by atoms with E-state index in [0.717, 1.165) is 30.1 Å². The zero-order chi connectivity index (χ0) is 23.4. The number of carbonyl (C=O) groups excluding carboxylic acids is 1. The monoisotopic (exact) mass is 451 g/mol. The summed E-state index contributed by atoms with van der Waals surface area (Å²) in [5, 5.41) is 0. The number of oxazole rings is 1. The SMILES string of the molecule is COc1ccc(-c2nc(CN3CCN(C(=O)c4ccccc4OC)CC3)c(C)o2)cc1OC. The van der Waals surface area contributed by atoms with Crippen molar-refractivity contribution in [3.8, 4) is 28.7 Å². The first-order valence-electron chi connectivity index (χ1n) is 10.9. The van der Waals surface area contributed by atoms with Crippen molar-refractivity contribution >= 4 is 5.91 Å². The molecular weight excluding hydrogens is 422 g/mol. The van der Waals surface area contributed by atoms with Crippen LogP contribution in [0.1, 0.15) is 21.8 Å². The maximum Gasteiger partial charge on any atom is 0.257 e. The third-order valence-electron chi connectivity index (χ3n) is 5.89. The molecule has 1 aromatic heterocycles. The third kappa shape index (κ3) is 4.80. The second-order valence-electron chi connectivity index (χ2n) is 7.86. The normalized spacial score (nSPS) is 14.2. The van der Waals surface area contributed by atoms with E-state index in [2.05, 4.69) is 4.90 Å². The van der Waals surface area contributed by atoms with Crippen molar-refractivity contribution < 1.29 is 23.4 Å². The van der Waals surface area contributed by atoms with E-state index >= 15 is 0 Å². The lowest BCUT2D eigenvalue weighted by Gasteiger charge is -2.34. The molecule has 33 heavy (non-hydrogen) atoms. The molecule has 0 radical (unpaired) electrons. The first kappa shape index (κ1) is 22.7. The third-order valence-corrected chi connectivity index (χ3v) is 5.89. The van der Waals surface area contributed by atoms with Gasteiger partial charge in [-0.05, 0) is 37.3 Å². The Morgan fingerprint density at radius 3 is 2.33 bits per heavy atom. The van der Waals surface area contributed by atoms with Gasteiger partial charge in [0.25, 0.3) is 5.91 Å². The highest BCUT2D eigenvalue weighted by molar-refractivity contribution is 5.97. The summed E-state index contributed by atoms with van der Waals surface area (Å²) in [7, 11) is 4.79. The molecule has 0 unspecified atom stereocenters. The Hall–Kier alpha value is -3.52. The predicted molar refractivity (Wildman–Crippen MR) is 124 cm³/mol. The molecular formula is C25H29N3O5. The Morgan fingerprint density at radius 1 is 0.939 bits per heavy atom. The molecule has 0 spiro atoms. The molecule has 174 valence electrons. The number of methoxy groups -OCH3 is 3. The number of hydrogen-bond acceptors (Lipinski definition) is 7. The minimum atomic E-state index is 0.000422. The fraction of sp³-hybridized carbons (Fsp3) is 0.360. The van der Waals surface area contributed by atoms with E-state index in [4.69, 9.17) is 23.6 Å². The molecule has 0 N–H and O–H groups in total. The number of rotatable bonds is 7. The van der Waals surface area contributed by atoms with Gasteiger partial charge in [0, 0.05) is 38.3 Å². The number of ether oxygens (including phenoxy) is 3. The summed E-state index contributed by atoms with van der Waals surface area (Å²) < 4.78 is 22.0. The Kier molecular flexibility index (Phi) is 6.84. The number of nitrogens with zero attached hydrogens (tertiary/aromatic N) is 3. The Labute approximate surface area is 193 Å². The summed E-state index contributed by atoms with van der Waals surface area (Å²) in [6.07, 6.45) is 0. The molecule has 0 aliphatic carbocycles. The minimum Gasteiger partial charge on any atom is -0.496 e. The van der Waals surface area contributed by atoms with Crippen molar-refractivity contribution in [3.05, 3.63) is 59.5 Å². The predicted octanol–water partition coefficient (Wildman–Crippen LogP) is 3.63. The lowest BCUT2D eigenvalue weighted by atomic mass is 10.1. The van der Waals surface area contributed by atoms with E-state index in [0.29, 0.717) is 48.3 Å². The molecule has 1 aliphatic heterocycles. The Morgan fingerprint density at radius 2 is 1.64 bits per heavy atom. The van der Waals surface area contributed by atoms with Crippen LogP contribution in [0.2, 0.25) is 0 Å². The zero-order valence-electron chi connectivity index (χ0n) is 19.5. The van der Waals surface area contributed by atoms with E-state index in [9.17, 15) is 4.79 Å².